The Balaban J connectivity index is 2.04. The highest BCUT2D eigenvalue weighted by Crippen LogP contribution is 2.14. The summed E-state index contributed by atoms with van der Waals surface area (Å²) in [6.45, 7) is 0. The van der Waals surface area contributed by atoms with Crippen LogP contribution in [0.25, 0.3) is 11.8 Å². The van der Waals surface area contributed by atoms with Crippen LogP contribution in [0.5, 0.6) is 0 Å². The number of nitrogens with zero attached hydrogens (tertiary/aromatic N) is 3. The third-order valence-corrected chi connectivity index (χ3v) is 4.68. The van der Waals surface area contributed by atoms with E-state index in [1.807, 2.05) is 6.07 Å². The quantitative estimate of drug-likeness (QED) is 0.852. The van der Waals surface area contributed by atoms with Crippen LogP contribution < -0.4 is 15.3 Å². The molecule has 0 aromatic carbocycles. The number of halogens is 1. The van der Waals surface area contributed by atoms with Crippen LogP contribution in [0, 0.1) is 11.3 Å². The van der Waals surface area contributed by atoms with Crippen molar-refractivity contribution in [1.82, 2.24) is 14.7 Å². The molecule has 6 nitrogen and oxygen atoms in total. The summed E-state index contributed by atoms with van der Waals surface area (Å²) in [7, 11) is -3.93. The number of alkyl halides is 1. The predicted octanol–water partition coefficient (Wildman–Crippen LogP) is -0.0427. The lowest BCUT2D eigenvalue weighted by atomic mass is 10.1. The van der Waals surface area contributed by atoms with E-state index < -0.39 is 16.2 Å². The zero-order chi connectivity index (χ0) is 16.4. The van der Waals surface area contributed by atoms with Crippen molar-refractivity contribution < 1.29 is 12.8 Å². The highest BCUT2D eigenvalue weighted by molar-refractivity contribution is 7.89. The molecule has 2 aromatic rings. The molecule has 0 spiro atoms. The summed E-state index contributed by atoms with van der Waals surface area (Å²) in [5.41, 5.74) is 0.305. The maximum Gasteiger partial charge on any atom is 0.263 e. The van der Waals surface area contributed by atoms with Gasteiger partial charge in [0.25, 0.3) is 10.0 Å². The van der Waals surface area contributed by atoms with Crippen LogP contribution in [0.15, 0.2) is 41.6 Å². The molecule has 0 amide bonds. The normalized spacial score (nSPS) is 16.9. The van der Waals surface area contributed by atoms with Crippen molar-refractivity contribution in [2.24, 2.45) is 0 Å². The van der Waals surface area contributed by atoms with E-state index in [4.69, 9.17) is 5.26 Å². The van der Waals surface area contributed by atoms with Gasteiger partial charge in [-0.3, -0.25) is 9.71 Å². The van der Waals surface area contributed by atoms with E-state index in [1.165, 1.54) is 24.4 Å². The van der Waals surface area contributed by atoms with Crippen LogP contribution in [0.1, 0.15) is 12.1 Å². The Bertz CT molecular complexity index is 1010. The van der Waals surface area contributed by atoms with Crippen molar-refractivity contribution in [2.45, 2.75) is 17.5 Å². The van der Waals surface area contributed by atoms with E-state index in [2.05, 4.69) is 14.7 Å². The molecule has 1 aliphatic rings. The lowest BCUT2D eigenvalue weighted by molar-refractivity contribution is 0.421. The first-order valence-corrected chi connectivity index (χ1v) is 8.17. The minimum atomic E-state index is -3.93. The number of hydrogen-bond donors (Lipinski definition) is 1. The van der Waals surface area contributed by atoms with Crippen LogP contribution >= 0.6 is 0 Å². The van der Waals surface area contributed by atoms with Gasteiger partial charge >= 0.3 is 0 Å². The van der Waals surface area contributed by atoms with Crippen LogP contribution in [0.2, 0.25) is 0 Å². The molecule has 2 aromatic heterocycles. The number of aromatic nitrogens is 2. The standard InChI is InChI=1S/C15H11FN4O2S/c16-11-6-10-2-1-5-18-15(10)14(7-11)20-23(21,22)13-4-3-12(8-17)19-9-13/h1-6,9,11,20H,7H2. The molecule has 23 heavy (non-hydrogen) atoms. The summed E-state index contributed by atoms with van der Waals surface area (Å²) < 4.78 is 41.0. The second kappa shape index (κ2) is 5.78. The first-order valence-electron chi connectivity index (χ1n) is 6.69. The molecule has 0 saturated carbocycles. The van der Waals surface area contributed by atoms with Crippen molar-refractivity contribution in [1.29, 1.82) is 5.26 Å². The van der Waals surface area contributed by atoms with Crippen molar-refractivity contribution in [3.05, 3.63) is 52.9 Å². The molecular weight excluding hydrogens is 319 g/mol. The van der Waals surface area contributed by atoms with Gasteiger partial charge in [-0.2, -0.15) is 5.26 Å². The van der Waals surface area contributed by atoms with Gasteiger partial charge < -0.3 is 0 Å². The molecule has 2 heterocycles. The van der Waals surface area contributed by atoms with Crippen LogP contribution in [-0.2, 0) is 10.0 Å². The number of nitriles is 1. The SMILES string of the molecule is N#Cc1ccc(S(=O)(=O)NC2=c3ncccc3=CC(F)C2)cn1. The molecule has 1 unspecified atom stereocenters. The van der Waals surface area contributed by atoms with Gasteiger partial charge in [-0.25, -0.2) is 17.8 Å². The largest absolute Gasteiger partial charge is 0.281 e. The summed E-state index contributed by atoms with van der Waals surface area (Å²) >= 11 is 0. The van der Waals surface area contributed by atoms with Gasteiger partial charge in [-0.1, -0.05) is 6.07 Å². The van der Waals surface area contributed by atoms with Gasteiger partial charge in [0, 0.05) is 24.0 Å². The monoisotopic (exact) mass is 330 g/mol. The highest BCUT2D eigenvalue weighted by Gasteiger charge is 2.21. The number of sulfonamides is 1. The molecule has 116 valence electrons. The fraction of sp³-hybridized carbons (Fsp3) is 0.133. The smallest absolute Gasteiger partial charge is 0.263 e. The topological polar surface area (TPSA) is 95.7 Å². The van der Waals surface area contributed by atoms with Gasteiger partial charge in [0.1, 0.15) is 22.8 Å². The number of pyridine rings is 2. The van der Waals surface area contributed by atoms with Crippen molar-refractivity contribution in [2.75, 3.05) is 0 Å². The Morgan fingerprint density at radius 3 is 2.83 bits per heavy atom. The van der Waals surface area contributed by atoms with Gasteiger partial charge in [-0.15, -0.1) is 0 Å². The maximum absolute atomic E-state index is 13.8. The maximum atomic E-state index is 13.8. The minimum absolute atomic E-state index is 0.104. The van der Waals surface area contributed by atoms with Gasteiger partial charge in [0.05, 0.1) is 11.0 Å². The number of fused-ring (bicyclic) bond motifs is 1. The lowest BCUT2D eigenvalue weighted by Crippen LogP contribution is -2.40. The van der Waals surface area contributed by atoms with E-state index in [0.717, 1.165) is 6.20 Å². The molecule has 0 aliphatic heterocycles. The molecule has 1 atom stereocenters. The van der Waals surface area contributed by atoms with E-state index in [9.17, 15) is 12.8 Å². The molecule has 0 fully saturated rings. The van der Waals surface area contributed by atoms with Gasteiger partial charge in [0.15, 0.2) is 0 Å². The third-order valence-electron chi connectivity index (χ3n) is 3.30. The van der Waals surface area contributed by atoms with Crippen molar-refractivity contribution in [3.63, 3.8) is 0 Å². The van der Waals surface area contributed by atoms with Crippen molar-refractivity contribution >= 4 is 21.8 Å². The van der Waals surface area contributed by atoms with Gasteiger partial charge in [-0.05, 0) is 24.3 Å². The Morgan fingerprint density at radius 2 is 2.13 bits per heavy atom. The van der Waals surface area contributed by atoms with Crippen molar-refractivity contribution in [3.8, 4) is 6.07 Å². The predicted molar refractivity (Wildman–Crippen MR) is 80.1 cm³/mol. The van der Waals surface area contributed by atoms with E-state index in [0.29, 0.717) is 10.6 Å². The molecule has 3 rings (SSSR count). The summed E-state index contributed by atoms with van der Waals surface area (Å²) in [5.74, 6) is 0. The molecular formula is C15H11FN4O2S. The molecule has 0 bridgehead atoms. The van der Waals surface area contributed by atoms with Crippen LogP contribution in [0.3, 0.4) is 0 Å². The van der Waals surface area contributed by atoms with Crippen LogP contribution in [0.4, 0.5) is 4.39 Å². The summed E-state index contributed by atoms with van der Waals surface area (Å²) in [6.07, 6.45) is 2.62. The Labute approximate surface area is 131 Å². The molecule has 1 N–H and O–H groups in total. The zero-order valence-corrected chi connectivity index (χ0v) is 12.6. The molecule has 0 radical (unpaired) electrons. The Hall–Kier alpha value is -2.79. The number of hydrogen-bond acceptors (Lipinski definition) is 5. The molecule has 1 aliphatic carbocycles. The summed E-state index contributed by atoms with van der Waals surface area (Å²) in [4.78, 5) is 7.75. The van der Waals surface area contributed by atoms with E-state index >= 15 is 0 Å². The first kappa shape index (κ1) is 15.1. The fourth-order valence-electron chi connectivity index (χ4n) is 2.27. The zero-order valence-electron chi connectivity index (χ0n) is 11.8. The third kappa shape index (κ3) is 3.05. The Kier molecular flexibility index (Phi) is 3.80. The van der Waals surface area contributed by atoms with Gasteiger partial charge in [0.2, 0.25) is 0 Å². The Morgan fingerprint density at radius 1 is 1.30 bits per heavy atom. The molecule has 8 heteroatoms. The van der Waals surface area contributed by atoms with E-state index in [1.54, 1.807) is 12.1 Å². The summed E-state index contributed by atoms with van der Waals surface area (Å²) in [6, 6.07) is 7.72. The number of nitrogens with one attached hydrogen (secondary N) is 1. The average molecular weight is 330 g/mol. The van der Waals surface area contributed by atoms with E-state index in [-0.39, 0.29) is 22.7 Å². The van der Waals surface area contributed by atoms with Crippen LogP contribution in [-0.4, -0.2) is 24.6 Å². The molecule has 0 saturated heterocycles. The second-order valence-electron chi connectivity index (χ2n) is 4.90. The number of rotatable bonds is 3. The highest BCUT2D eigenvalue weighted by atomic mass is 32.2. The minimum Gasteiger partial charge on any atom is -0.281 e. The average Bonchev–Trinajstić information content (AvgIpc) is 2.54. The second-order valence-corrected chi connectivity index (χ2v) is 6.59. The lowest BCUT2D eigenvalue weighted by Gasteiger charge is -2.15. The fourth-order valence-corrected chi connectivity index (χ4v) is 3.33. The first-order chi connectivity index (χ1) is 11.0. The summed E-state index contributed by atoms with van der Waals surface area (Å²) in [5, 5.41) is 9.65.